The minimum Gasteiger partial charge on any atom is -0.400 e. The first kappa shape index (κ1) is 334. The lowest BCUT2D eigenvalue weighted by Gasteiger charge is -1.87. The van der Waals surface area contributed by atoms with E-state index >= 15 is 0 Å². The van der Waals surface area contributed by atoms with E-state index in [1.807, 2.05) is 589 Å². The Balaban J connectivity index is -0.0000000125. The van der Waals surface area contributed by atoms with Gasteiger partial charge in [-0.25, -0.2) is 0 Å². The van der Waals surface area contributed by atoms with Crippen molar-refractivity contribution in [2.45, 2.75) is 814 Å². The Labute approximate surface area is 943 Å². The first-order valence-electron chi connectivity index (χ1n) is 65.2. The van der Waals surface area contributed by atoms with Crippen LogP contribution < -0.4 is 22.1 Å². The fraction of sp³-hybridized carbons (Fsp3) is 0.985. The molecule has 0 spiro atoms. The zero-order valence-corrected chi connectivity index (χ0v) is 126. The van der Waals surface area contributed by atoms with E-state index in [9.17, 15) is 9.59 Å². The molecule has 10 rings (SSSR count). The molecule has 1 atom stereocenters. The van der Waals surface area contributed by atoms with Crippen molar-refractivity contribution in [3.63, 3.8) is 0 Å². The maximum Gasteiger partial charge on any atom is 0.219 e. The van der Waals surface area contributed by atoms with Gasteiger partial charge >= 0.3 is 0 Å². The Morgan fingerprint density at radius 3 is 0.220 bits per heavy atom. The molecule has 8 N–H and O–H groups in total. The van der Waals surface area contributed by atoms with E-state index in [0.717, 1.165) is 20.0 Å². The van der Waals surface area contributed by atoms with Crippen LogP contribution in [0.1, 0.15) is 814 Å². The van der Waals surface area contributed by atoms with Crippen LogP contribution in [0, 0.1) is 0 Å². The van der Waals surface area contributed by atoms with Crippen molar-refractivity contribution in [3.8, 4) is 0 Å². The zero-order chi connectivity index (χ0) is 129. The average Bonchev–Trinajstić information content (AvgIpc) is 1.81. The molecule has 0 aromatic heterocycles. The maximum atomic E-state index is 10.1. The predicted molar refractivity (Wildman–Crippen MR) is 741 cm³/mol. The molecule has 0 heterocycles. The van der Waals surface area contributed by atoms with Gasteiger partial charge in [0.25, 0.3) is 0 Å². The van der Waals surface area contributed by atoms with Gasteiger partial charge in [-0.15, -0.1) is 0 Å². The highest BCUT2D eigenvalue weighted by atomic mass is 32.1. The number of nitrogens with one attached hydrogen (secondary N) is 2. The number of hydrogen-bond acceptors (Lipinski definition) is 8. The smallest absolute Gasteiger partial charge is 0.219 e. The summed E-state index contributed by atoms with van der Waals surface area (Å²) in [4.78, 5) is 20.1. The third-order valence-corrected chi connectivity index (χ3v) is 4.74. The summed E-state index contributed by atoms with van der Waals surface area (Å²) >= 11 is 3.79. The standard InChI is InChI=1S/2C4H9NO.10C3H6.C3H8.C2H6S.41C2H6.2CH5N.CH5OP.2CH4O/c2*1-3-4(6)5-2;10*1-2-3-1;1-3-2;1-2-3;43*1-2;1-2-3;2*1-2/h2*3H2,1-2H3,(H,5,6);10*1-3H2;3H2,1-2H3;3H,2H2,1H3;41*1-2H3;2*2H2,1H3;3H2,1H3;2*2H,1H3. The third-order valence-electron chi connectivity index (χ3n) is 4.74. The Hall–Kier alpha value is -0.480. The van der Waals surface area contributed by atoms with E-state index in [1.54, 1.807) is 21.2 Å². The number of carbonyl (C=O) groups is 2. The molecule has 0 radical (unpaired) electrons. The number of rotatable bonds is 2. The summed E-state index contributed by atoms with van der Waals surface area (Å²) in [5.41, 5.74) is 9.00. The van der Waals surface area contributed by atoms with Gasteiger partial charge in [0.15, 0.2) is 0 Å². The summed E-state index contributed by atoms with van der Waals surface area (Å²) in [5, 5.41) is 19.0. The molecule has 0 aromatic carbocycles. The molecular weight excluding hydrogens is 1760 g/mol. The Bertz CT molecular complexity index is 436. The molecule has 9 nitrogen and oxygen atoms in total. The number of amides is 2. The molecule has 0 aliphatic heterocycles. The minimum absolute atomic E-state index is 0.0926. The number of carbonyl (C=O) groups excluding carboxylic acids is 2. The molecule has 0 aromatic rings. The van der Waals surface area contributed by atoms with Crippen LogP contribution in [-0.4, -0.2) is 77.3 Å². The monoisotopic (exact) mass is 2120 g/mol. The molecule has 141 heavy (non-hydrogen) atoms. The lowest BCUT2D eigenvalue weighted by molar-refractivity contribution is -0.121. The Kier molecular flexibility index (Phi) is 3510. The largest absolute Gasteiger partial charge is 0.400 e. The van der Waals surface area contributed by atoms with Gasteiger partial charge in [0.05, 0.1) is 0 Å². The van der Waals surface area contributed by atoms with E-state index in [1.165, 1.54) is 213 Å². The van der Waals surface area contributed by atoms with Crippen molar-refractivity contribution >= 4 is 33.9 Å². The van der Waals surface area contributed by atoms with E-state index in [-0.39, 0.29) is 11.8 Å². The van der Waals surface area contributed by atoms with Crippen molar-refractivity contribution in [2.75, 3.05) is 55.3 Å². The molecule has 1 unspecified atom stereocenters. The van der Waals surface area contributed by atoms with Crippen LogP contribution in [0.3, 0.4) is 0 Å². The number of aliphatic hydroxyl groups excluding tert-OH is 2. The SMILES string of the molecule is C1CC1.C1CC1.C1CC1.C1CC1.C1CC1.C1CC1.C1CC1.C1CC1.C1CC1.C1CC1.CC.CC.CC.CC.CC.CC.CC.CC.CC.CC.CC.CC.CC.CC.CC.CC.CC.CC.CC.CC.CC.CC.CC.CC.CC.CC.CC.CC.CC.CC.CC.CC.CC.CC.CC.CC.CC.CC.CC.CC.CC.CCC.CCC(=O)NC.CCC(=O)NC.CCS.CN.CN.CO.CO.COP. The van der Waals surface area contributed by atoms with Crippen LogP contribution in [0.4, 0.5) is 0 Å². The van der Waals surface area contributed by atoms with Crippen LogP contribution in [0.2, 0.25) is 0 Å². The maximum absolute atomic E-state index is 10.1. The molecule has 11 heteroatoms. The molecule has 10 aliphatic carbocycles. The Morgan fingerprint density at radius 1 is 0.191 bits per heavy atom. The third kappa shape index (κ3) is 8600. The highest BCUT2D eigenvalue weighted by Gasteiger charge is 1.98. The molecule has 0 saturated heterocycles. The van der Waals surface area contributed by atoms with Crippen molar-refractivity contribution in [1.82, 2.24) is 10.6 Å². The van der Waals surface area contributed by atoms with Crippen molar-refractivity contribution in [3.05, 3.63) is 0 Å². The van der Waals surface area contributed by atoms with Crippen LogP contribution in [0.5, 0.6) is 0 Å². The van der Waals surface area contributed by atoms with E-state index in [0.29, 0.717) is 12.8 Å². The zero-order valence-electron chi connectivity index (χ0n) is 124. The summed E-state index contributed by atoms with van der Waals surface area (Å²) in [6.07, 6.45) is 47.4. The van der Waals surface area contributed by atoms with Gasteiger partial charge in [-0.05, 0) is 29.3 Å². The molecular formula is C130H361N4O5PS. The molecule has 10 saturated carbocycles. The van der Waals surface area contributed by atoms with Crippen molar-refractivity contribution in [1.29, 1.82) is 0 Å². The fourth-order valence-electron chi connectivity index (χ4n) is 0.354. The average molecular weight is 2120 g/mol. The second-order valence-electron chi connectivity index (χ2n) is 13.9. The molecule has 942 valence electrons. The fourth-order valence-corrected chi connectivity index (χ4v) is 0.354. The molecule has 10 fully saturated rings. The minimum atomic E-state index is 0.0926. The highest BCUT2D eigenvalue weighted by molar-refractivity contribution is 7.80. The lowest BCUT2D eigenvalue weighted by atomic mass is 10.5. The first-order chi connectivity index (χ1) is 69.9. The van der Waals surface area contributed by atoms with Gasteiger partial charge in [0, 0.05) is 48.3 Å². The summed E-state index contributed by atoms with van der Waals surface area (Å²) in [7, 11) is 11.9. The van der Waals surface area contributed by atoms with Gasteiger partial charge in [-0.3, -0.25) is 9.59 Å². The Morgan fingerprint density at radius 2 is 0.220 bits per heavy atom. The van der Waals surface area contributed by atoms with Crippen molar-refractivity contribution in [2.24, 2.45) is 11.5 Å². The molecule has 0 bridgehead atoms. The summed E-state index contributed by atoms with van der Waals surface area (Å²) in [6, 6.07) is 0. The summed E-state index contributed by atoms with van der Waals surface area (Å²) in [5.74, 6) is 1.13. The predicted octanol–water partition coefficient (Wildman–Crippen LogP) is 55.2. The van der Waals surface area contributed by atoms with Crippen LogP contribution in [0.15, 0.2) is 0 Å². The number of nitrogens with two attached hydrogens (primary N) is 2. The van der Waals surface area contributed by atoms with E-state index < -0.39 is 0 Å². The normalized spacial score (nSPS) is 8.06. The van der Waals surface area contributed by atoms with E-state index in [4.69, 9.17) is 10.2 Å². The lowest BCUT2D eigenvalue weighted by Crippen LogP contribution is -2.15. The number of hydrogen-bond donors (Lipinski definition) is 7. The van der Waals surface area contributed by atoms with Gasteiger partial charge in [-0.1, -0.05) is 801 Å². The van der Waals surface area contributed by atoms with Crippen molar-refractivity contribution < 1.29 is 24.3 Å². The van der Waals surface area contributed by atoms with Gasteiger partial charge in [0.1, 0.15) is 0 Å². The van der Waals surface area contributed by atoms with Gasteiger partial charge in [0.2, 0.25) is 11.8 Å². The highest BCUT2D eigenvalue weighted by Crippen LogP contribution is 2.18. The second kappa shape index (κ2) is 1480. The summed E-state index contributed by atoms with van der Waals surface area (Å²) < 4.78 is 4.17. The molecule has 2 amide bonds. The second-order valence-corrected chi connectivity index (χ2v) is 15.0. The van der Waals surface area contributed by atoms with E-state index in [2.05, 4.69) is 62.6 Å². The molecule has 10 aliphatic rings. The van der Waals surface area contributed by atoms with Gasteiger partial charge in [-0.2, -0.15) is 12.6 Å². The van der Waals surface area contributed by atoms with Crippen LogP contribution in [0.25, 0.3) is 0 Å². The van der Waals surface area contributed by atoms with Crippen LogP contribution in [-0.2, 0) is 14.1 Å². The van der Waals surface area contributed by atoms with Gasteiger partial charge < -0.3 is 36.8 Å². The quantitative estimate of drug-likeness (QED) is 0.107. The summed E-state index contributed by atoms with van der Waals surface area (Å²) in [6.45, 7) is 174. The first-order valence-corrected chi connectivity index (χ1v) is 66.3. The number of aliphatic hydroxyl groups is 2. The van der Waals surface area contributed by atoms with Crippen LogP contribution >= 0.6 is 22.1 Å². The topological polar surface area (TPSA) is 160 Å². The number of thiol groups is 1.